The number of hydrogen-bond acceptors (Lipinski definition) is 2. The van der Waals surface area contributed by atoms with Gasteiger partial charge in [0.25, 0.3) is 0 Å². The Morgan fingerprint density at radius 3 is 2.52 bits per heavy atom. The third kappa shape index (κ3) is 5.30. The molecule has 1 heterocycles. The molecule has 1 amide bonds. The van der Waals surface area contributed by atoms with Crippen LogP contribution in [0.15, 0.2) is 67.3 Å². The summed E-state index contributed by atoms with van der Waals surface area (Å²) in [7, 11) is 0. The van der Waals surface area contributed by atoms with E-state index in [4.69, 9.17) is 0 Å². The molecule has 2 aromatic carbocycles. The fourth-order valence-electron chi connectivity index (χ4n) is 3.91. The summed E-state index contributed by atoms with van der Waals surface area (Å²) in [6, 6.07) is 19.0. The van der Waals surface area contributed by atoms with Crippen LogP contribution in [0.3, 0.4) is 0 Å². The summed E-state index contributed by atoms with van der Waals surface area (Å²) in [5.41, 5.74) is 3.83. The highest BCUT2D eigenvalue weighted by Gasteiger charge is 2.31. The molecule has 1 fully saturated rings. The Balaban J connectivity index is 1.67. The summed E-state index contributed by atoms with van der Waals surface area (Å²) in [4.78, 5) is 15.2. The lowest BCUT2D eigenvalue weighted by Gasteiger charge is -2.37. The van der Waals surface area contributed by atoms with Gasteiger partial charge >= 0.3 is 0 Å². The molecule has 0 saturated carbocycles. The largest absolute Gasteiger partial charge is 0.352 e. The second-order valence-corrected chi connectivity index (χ2v) is 7.44. The highest BCUT2D eigenvalue weighted by atomic mass is 16.1. The van der Waals surface area contributed by atoms with Gasteiger partial charge in [0.05, 0.1) is 5.92 Å². The normalized spacial score (nSPS) is 20.2. The zero-order valence-corrected chi connectivity index (χ0v) is 16.2. The van der Waals surface area contributed by atoms with Crippen LogP contribution in [0.4, 0.5) is 0 Å². The van der Waals surface area contributed by atoms with E-state index in [0.717, 1.165) is 38.0 Å². The van der Waals surface area contributed by atoms with Crippen molar-refractivity contribution in [3.05, 3.63) is 83.9 Å². The minimum atomic E-state index is 0.0123. The van der Waals surface area contributed by atoms with Crippen LogP contribution >= 0.6 is 0 Å². The van der Waals surface area contributed by atoms with Gasteiger partial charge in [-0.2, -0.15) is 0 Å². The van der Waals surface area contributed by atoms with Crippen LogP contribution in [0.5, 0.6) is 0 Å². The van der Waals surface area contributed by atoms with Crippen LogP contribution in [-0.2, 0) is 17.8 Å². The minimum absolute atomic E-state index is 0.0123. The molecule has 1 aliphatic heterocycles. The van der Waals surface area contributed by atoms with E-state index in [1.54, 1.807) is 0 Å². The fraction of sp³-hybridized carbons (Fsp3) is 0.375. The summed E-state index contributed by atoms with van der Waals surface area (Å²) < 4.78 is 0. The smallest absolute Gasteiger partial charge is 0.224 e. The zero-order valence-electron chi connectivity index (χ0n) is 16.2. The Bertz CT molecular complexity index is 739. The van der Waals surface area contributed by atoms with Crippen molar-refractivity contribution in [3.63, 3.8) is 0 Å². The van der Waals surface area contributed by atoms with Gasteiger partial charge in [0.2, 0.25) is 5.91 Å². The molecule has 1 N–H and O–H groups in total. The number of aryl methyl sites for hydroxylation is 1. The fourth-order valence-corrected chi connectivity index (χ4v) is 3.91. The van der Waals surface area contributed by atoms with E-state index >= 15 is 0 Å². The van der Waals surface area contributed by atoms with Gasteiger partial charge in [0, 0.05) is 26.2 Å². The monoisotopic (exact) mass is 362 g/mol. The highest BCUT2D eigenvalue weighted by molar-refractivity contribution is 5.79. The number of nitrogens with one attached hydrogen (secondary N) is 1. The number of carbonyl (C=O) groups excluding carboxylic acids is 1. The second kappa shape index (κ2) is 9.52. The van der Waals surface area contributed by atoms with Crippen LogP contribution in [-0.4, -0.2) is 30.4 Å². The van der Waals surface area contributed by atoms with Gasteiger partial charge in [-0.05, 0) is 35.4 Å². The zero-order chi connectivity index (χ0) is 19.1. The molecule has 3 heteroatoms. The molecular weight excluding hydrogens is 332 g/mol. The van der Waals surface area contributed by atoms with Gasteiger partial charge in [0.15, 0.2) is 0 Å². The lowest BCUT2D eigenvalue weighted by Crippen LogP contribution is -2.45. The predicted molar refractivity (Wildman–Crippen MR) is 112 cm³/mol. The minimum Gasteiger partial charge on any atom is -0.352 e. The molecule has 142 valence electrons. The molecule has 0 aliphatic carbocycles. The van der Waals surface area contributed by atoms with Gasteiger partial charge in [0.1, 0.15) is 0 Å². The first kappa shape index (κ1) is 19.4. The van der Waals surface area contributed by atoms with Gasteiger partial charge in [-0.1, -0.05) is 67.6 Å². The van der Waals surface area contributed by atoms with Crippen LogP contribution in [0.1, 0.15) is 36.0 Å². The average Bonchev–Trinajstić information content (AvgIpc) is 2.73. The van der Waals surface area contributed by atoms with Crippen molar-refractivity contribution >= 4 is 5.91 Å². The van der Waals surface area contributed by atoms with Crippen LogP contribution in [0.25, 0.3) is 0 Å². The summed E-state index contributed by atoms with van der Waals surface area (Å²) >= 11 is 0. The summed E-state index contributed by atoms with van der Waals surface area (Å²) in [6.07, 6.45) is 3.89. The summed E-state index contributed by atoms with van der Waals surface area (Å²) in [5, 5.41) is 3.13. The first-order valence-corrected chi connectivity index (χ1v) is 9.93. The number of amides is 1. The maximum atomic E-state index is 12.8. The number of piperidine rings is 1. The van der Waals surface area contributed by atoms with E-state index in [2.05, 4.69) is 48.0 Å². The highest BCUT2D eigenvalue weighted by Crippen LogP contribution is 2.30. The second-order valence-electron chi connectivity index (χ2n) is 7.44. The van der Waals surface area contributed by atoms with Gasteiger partial charge in [-0.3, -0.25) is 9.69 Å². The number of nitrogens with zero attached hydrogens (tertiary/aromatic N) is 1. The lowest BCUT2D eigenvalue weighted by molar-refractivity contribution is -0.127. The molecule has 27 heavy (non-hydrogen) atoms. The number of rotatable bonds is 7. The molecule has 2 atom stereocenters. The van der Waals surface area contributed by atoms with E-state index in [-0.39, 0.29) is 11.8 Å². The van der Waals surface area contributed by atoms with E-state index in [1.807, 2.05) is 36.4 Å². The third-order valence-electron chi connectivity index (χ3n) is 5.45. The van der Waals surface area contributed by atoms with Crippen molar-refractivity contribution < 1.29 is 4.79 Å². The molecule has 3 rings (SSSR count). The Kier molecular flexibility index (Phi) is 6.83. The predicted octanol–water partition coefficient (Wildman–Crippen LogP) is 4.16. The maximum absolute atomic E-state index is 12.8. The van der Waals surface area contributed by atoms with E-state index < -0.39 is 0 Å². The van der Waals surface area contributed by atoms with Crippen molar-refractivity contribution in [1.82, 2.24) is 10.2 Å². The molecule has 0 radical (unpaired) electrons. The Hall–Kier alpha value is -2.39. The van der Waals surface area contributed by atoms with E-state index in [0.29, 0.717) is 12.5 Å². The summed E-state index contributed by atoms with van der Waals surface area (Å²) in [5.74, 6) is 0.554. The van der Waals surface area contributed by atoms with Crippen LogP contribution in [0.2, 0.25) is 0 Å². The molecule has 0 spiro atoms. The first-order valence-electron chi connectivity index (χ1n) is 9.93. The van der Waals surface area contributed by atoms with Crippen molar-refractivity contribution in [2.75, 3.05) is 19.6 Å². The van der Waals surface area contributed by atoms with Crippen molar-refractivity contribution in [1.29, 1.82) is 0 Å². The van der Waals surface area contributed by atoms with Crippen molar-refractivity contribution in [2.24, 2.45) is 5.92 Å². The van der Waals surface area contributed by atoms with Crippen LogP contribution in [0, 0.1) is 5.92 Å². The Morgan fingerprint density at radius 1 is 1.11 bits per heavy atom. The van der Waals surface area contributed by atoms with Crippen molar-refractivity contribution in [3.8, 4) is 0 Å². The van der Waals surface area contributed by atoms with Gasteiger partial charge < -0.3 is 5.32 Å². The molecule has 0 aromatic heterocycles. The number of carbonyl (C=O) groups is 1. The maximum Gasteiger partial charge on any atom is 0.224 e. The number of hydrogen-bond donors (Lipinski definition) is 1. The third-order valence-corrected chi connectivity index (χ3v) is 5.45. The van der Waals surface area contributed by atoms with Crippen molar-refractivity contribution in [2.45, 2.75) is 32.2 Å². The quantitative estimate of drug-likeness (QED) is 0.750. The van der Waals surface area contributed by atoms with Gasteiger partial charge in [-0.15, -0.1) is 6.58 Å². The number of likely N-dealkylation sites (tertiary alicyclic amines) is 1. The molecule has 2 aromatic rings. The lowest BCUT2D eigenvalue weighted by atomic mass is 9.83. The average molecular weight is 363 g/mol. The molecule has 1 aliphatic rings. The molecule has 3 nitrogen and oxygen atoms in total. The summed E-state index contributed by atoms with van der Waals surface area (Å²) in [6.45, 7) is 9.26. The molecule has 1 saturated heterocycles. The molecule has 2 unspecified atom stereocenters. The standard InChI is InChI=1S/C24H30N2O/c1-3-14-26-17-22(21-12-10-19(4-2)11-13-21)15-23(18-26)24(27)25-16-20-8-6-5-7-9-20/h3,5-13,22-23H,1,4,14-18H2,2H3,(H,25,27). The SMILES string of the molecule is C=CCN1CC(C(=O)NCc2ccccc2)CC(c2ccc(CC)cc2)C1. The van der Waals surface area contributed by atoms with E-state index in [1.165, 1.54) is 11.1 Å². The Morgan fingerprint density at radius 2 is 1.85 bits per heavy atom. The number of benzene rings is 2. The topological polar surface area (TPSA) is 32.3 Å². The van der Waals surface area contributed by atoms with Gasteiger partial charge in [-0.25, -0.2) is 0 Å². The first-order chi connectivity index (χ1) is 13.2. The Labute approximate surface area is 163 Å². The van der Waals surface area contributed by atoms with Crippen LogP contribution < -0.4 is 5.32 Å². The molecular formula is C24H30N2O. The molecule has 0 bridgehead atoms. The van der Waals surface area contributed by atoms with E-state index in [9.17, 15) is 4.79 Å².